The summed E-state index contributed by atoms with van der Waals surface area (Å²) in [5.74, 6) is -0.00668. The van der Waals surface area contributed by atoms with Crippen LogP contribution in [0.5, 0.6) is 0 Å². The molecule has 2 N–H and O–H groups in total. The van der Waals surface area contributed by atoms with E-state index >= 15 is 0 Å². The number of benzene rings is 1. The van der Waals surface area contributed by atoms with Gasteiger partial charge in [-0.15, -0.1) is 0 Å². The zero-order valence-corrected chi connectivity index (χ0v) is 12.6. The lowest BCUT2D eigenvalue weighted by Gasteiger charge is -2.27. The van der Waals surface area contributed by atoms with Crippen molar-refractivity contribution in [2.45, 2.75) is 6.42 Å². The average molecular weight is 326 g/mol. The Morgan fingerprint density at radius 1 is 1.32 bits per heavy atom. The first-order valence-electron chi connectivity index (χ1n) is 6.73. The van der Waals surface area contributed by atoms with Crippen LogP contribution in [0.25, 0.3) is 0 Å². The second-order valence-corrected chi connectivity index (χ2v) is 5.54. The van der Waals surface area contributed by atoms with Crippen molar-refractivity contribution in [1.82, 2.24) is 15.5 Å². The number of hydrogen-bond donors (Lipinski definition) is 2. The van der Waals surface area contributed by atoms with Crippen molar-refractivity contribution in [3.63, 3.8) is 0 Å². The van der Waals surface area contributed by atoms with Crippen molar-refractivity contribution in [2.24, 2.45) is 0 Å². The van der Waals surface area contributed by atoms with Crippen LogP contribution in [0, 0.1) is 0 Å². The van der Waals surface area contributed by atoms with Crippen LogP contribution < -0.4 is 10.6 Å². The molecule has 1 aromatic carbocycles. The summed E-state index contributed by atoms with van der Waals surface area (Å²) in [7, 11) is 0. The summed E-state index contributed by atoms with van der Waals surface area (Å²) >= 11 is 3.39. The number of hydrogen-bond acceptors (Lipinski definition) is 3. The second-order valence-electron chi connectivity index (χ2n) is 4.68. The first-order chi connectivity index (χ1) is 9.27. The fourth-order valence-corrected chi connectivity index (χ4v) is 2.64. The number of halogens is 1. The van der Waals surface area contributed by atoms with Crippen LogP contribution >= 0.6 is 15.9 Å². The summed E-state index contributed by atoms with van der Waals surface area (Å²) in [6.45, 7) is 6.14. The number of carbonyl (C=O) groups excluding carboxylic acids is 1. The first-order valence-corrected chi connectivity index (χ1v) is 7.52. The fraction of sp³-hybridized carbons (Fsp3) is 0.500. The lowest BCUT2D eigenvalue weighted by Crippen LogP contribution is -2.44. The Morgan fingerprint density at radius 2 is 2.05 bits per heavy atom. The molecule has 1 saturated heterocycles. The van der Waals surface area contributed by atoms with Crippen molar-refractivity contribution in [3.05, 3.63) is 34.3 Å². The first kappa shape index (κ1) is 14.5. The maximum atomic E-state index is 12.0. The van der Waals surface area contributed by atoms with Gasteiger partial charge in [0.05, 0.1) is 5.56 Å². The minimum atomic E-state index is -0.00668. The molecule has 1 amide bonds. The third-order valence-corrected chi connectivity index (χ3v) is 3.96. The van der Waals surface area contributed by atoms with E-state index < -0.39 is 0 Å². The minimum absolute atomic E-state index is 0.00668. The quantitative estimate of drug-likeness (QED) is 0.806. The van der Waals surface area contributed by atoms with Gasteiger partial charge in [-0.1, -0.05) is 12.1 Å². The van der Waals surface area contributed by atoms with Gasteiger partial charge in [-0.2, -0.15) is 0 Å². The SMILES string of the molecule is O=C(NCCCN1CCNCC1)c1ccccc1Br. The van der Waals surface area contributed by atoms with Crippen molar-refractivity contribution < 1.29 is 4.79 Å². The minimum Gasteiger partial charge on any atom is -0.352 e. The molecule has 1 aliphatic rings. The van der Waals surface area contributed by atoms with E-state index in [9.17, 15) is 4.79 Å². The summed E-state index contributed by atoms with van der Waals surface area (Å²) in [5, 5.41) is 6.30. The van der Waals surface area contributed by atoms with E-state index in [1.165, 1.54) is 0 Å². The average Bonchev–Trinajstić information content (AvgIpc) is 2.45. The Morgan fingerprint density at radius 3 is 2.79 bits per heavy atom. The van der Waals surface area contributed by atoms with E-state index in [-0.39, 0.29) is 5.91 Å². The van der Waals surface area contributed by atoms with Crippen LogP contribution in [0.3, 0.4) is 0 Å². The zero-order chi connectivity index (χ0) is 13.5. The number of piperazine rings is 1. The number of amides is 1. The van der Waals surface area contributed by atoms with Gasteiger partial charge in [-0.25, -0.2) is 0 Å². The summed E-state index contributed by atoms with van der Waals surface area (Å²) < 4.78 is 0.842. The summed E-state index contributed by atoms with van der Waals surface area (Å²) in [4.78, 5) is 14.4. The molecule has 0 atom stereocenters. The second kappa shape index (κ2) is 7.62. The molecular formula is C14H20BrN3O. The lowest BCUT2D eigenvalue weighted by molar-refractivity contribution is 0.0950. The molecule has 19 heavy (non-hydrogen) atoms. The van der Waals surface area contributed by atoms with Crippen molar-refractivity contribution in [3.8, 4) is 0 Å². The van der Waals surface area contributed by atoms with Gasteiger partial charge < -0.3 is 15.5 Å². The molecule has 0 spiro atoms. The highest BCUT2D eigenvalue weighted by Gasteiger charge is 2.10. The number of carbonyl (C=O) groups is 1. The topological polar surface area (TPSA) is 44.4 Å². The third-order valence-electron chi connectivity index (χ3n) is 3.26. The number of nitrogens with one attached hydrogen (secondary N) is 2. The van der Waals surface area contributed by atoms with E-state index in [0.717, 1.165) is 50.2 Å². The van der Waals surface area contributed by atoms with Crippen molar-refractivity contribution >= 4 is 21.8 Å². The smallest absolute Gasteiger partial charge is 0.252 e. The van der Waals surface area contributed by atoms with Gasteiger partial charge in [-0.3, -0.25) is 4.79 Å². The van der Waals surface area contributed by atoms with Gasteiger partial charge in [0.25, 0.3) is 5.91 Å². The monoisotopic (exact) mass is 325 g/mol. The van der Waals surface area contributed by atoms with Crippen molar-refractivity contribution in [1.29, 1.82) is 0 Å². The van der Waals surface area contributed by atoms with Gasteiger partial charge >= 0.3 is 0 Å². The van der Waals surface area contributed by atoms with Gasteiger partial charge in [0.1, 0.15) is 0 Å². The molecule has 1 aliphatic heterocycles. The lowest BCUT2D eigenvalue weighted by atomic mass is 10.2. The molecule has 0 saturated carbocycles. The molecule has 0 unspecified atom stereocenters. The molecule has 0 radical (unpaired) electrons. The molecule has 0 aromatic heterocycles. The summed E-state index contributed by atoms with van der Waals surface area (Å²) in [6, 6.07) is 7.50. The molecule has 104 valence electrons. The maximum absolute atomic E-state index is 12.0. The third kappa shape index (κ3) is 4.60. The van der Waals surface area contributed by atoms with Crippen LogP contribution in [0.1, 0.15) is 16.8 Å². The Kier molecular flexibility index (Phi) is 5.82. The van der Waals surface area contributed by atoms with E-state index in [1.807, 2.05) is 24.3 Å². The molecule has 1 heterocycles. The molecule has 5 heteroatoms. The zero-order valence-electron chi connectivity index (χ0n) is 11.0. The Bertz CT molecular complexity index is 419. The molecule has 2 rings (SSSR count). The molecule has 1 fully saturated rings. The Labute approximate surface area is 122 Å². The number of nitrogens with zero attached hydrogens (tertiary/aromatic N) is 1. The van der Waals surface area contributed by atoms with E-state index in [0.29, 0.717) is 5.56 Å². The standard InChI is InChI=1S/C14H20BrN3O/c15-13-5-2-1-4-12(13)14(19)17-6-3-9-18-10-7-16-8-11-18/h1-2,4-5,16H,3,6-11H2,(H,17,19). The molecule has 1 aromatic rings. The van der Waals surface area contributed by atoms with Crippen LogP contribution in [0.4, 0.5) is 0 Å². The van der Waals surface area contributed by atoms with E-state index in [4.69, 9.17) is 0 Å². The predicted molar refractivity (Wildman–Crippen MR) is 80.4 cm³/mol. The van der Waals surface area contributed by atoms with Crippen molar-refractivity contribution in [2.75, 3.05) is 39.3 Å². The van der Waals surface area contributed by atoms with Gasteiger partial charge in [0.15, 0.2) is 0 Å². The highest BCUT2D eigenvalue weighted by atomic mass is 79.9. The molecule has 4 nitrogen and oxygen atoms in total. The van der Waals surface area contributed by atoms with Crippen LogP contribution in [-0.2, 0) is 0 Å². The molecular weight excluding hydrogens is 306 g/mol. The van der Waals surface area contributed by atoms with Gasteiger partial charge in [0, 0.05) is 37.2 Å². The van der Waals surface area contributed by atoms with Crippen LogP contribution in [0.2, 0.25) is 0 Å². The highest BCUT2D eigenvalue weighted by Crippen LogP contribution is 2.15. The van der Waals surface area contributed by atoms with E-state index in [1.54, 1.807) is 0 Å². The highest BCUT2D eigenvalue weighted by molar-refractivity contribution is 9.10. The van der Waals surface area contributed by atoms with Gasteiger partial charge in [-0.05, 0) is 41.0 Å². The normalized spacial score (nSPS) is 16.3. The Hall–Kier alpha value is -0.910. The number of rotatable bonds is 5. The Balaban J connectivity index is 1.68. The van der Waals surface area contributed by atoms with Gasteiger partial charge in [0.2, 0.25) is 0 Å². The van der Waals surface area contributed by atoms with Crippen LogP contribution in [-0.4, -0.2) is 50.1 Å². The van der Waals surface area contributed by atoms with E-state index in [2.05, 4.69) is 31.5 Å². The molecule has 0 bridgehead atoms. The maximum Gasteiger partial charge on any atom is 0.252 e. The summed E-state index contributed by atoms with van der Waals surface area (Å²) in [6.07, 6.45) is 0.996. The predicted octanol–water partition coefficient (Wildman–Crippen LogP) is 1.47. The van der Waals surface area contributed by atoms with Crippen LogP contribution in [0.15, 0.2) is 28.7 Å². The fourth-order valence-electron chi connectivity index (χ4n) is 2.18. The summed E-state index contributed by atoms with van der Waals surface area (Å²) in [5.41, 5.74) is 0.699. The molecule has 0 aliphatic carbocycles. The largest absolute Gasteiger partial charge is 0.352 e.